The Balaban J connectivity index is 3.43. The Hall–Kier alpha value is -0.570. The van der Waals surface area contributed by atoms with Crippen molar-refractivity contribution in [2.24, 2.45) is 5.92 Å². The van der Waals surface area contributed by atoms with Crippen molar-refractivity contribution in [1.29, 1.82) is 0 Å². The number of aliphatic carboxylic acids is 1. The number of aliphatic hydroxyl groups is 1. The first kappa shape index (κ1) is 11.4. The van der Waals surface area contributed by atoms with Gasteiger partial charge in [-0.3, -0.25) is 4.79 Å². The standard InChI is InChI=1S/C9H18O3/c1-3-7(2)4-5-8(10)6-9(11)12/h7-8,10H,3-6H2,1-2H3,(H,11,12)/t7-,8?/m0/s1. The first-order valence-electron chi connectivity index (χ1n) is 4.46. The quantitative estimate of drug-likeness (QED) is 0.643. The van der Waals surface area contributed by atoms with Gasteiger partial charge in [-0.25, -0.2) is 0 Å². The summed E-state index contributed by atoms with van der Waals surface area (Å²) in [6.07, 6.45) is 1.79. The van der Waals surface area contributed by atoms with Crippen molar-refractivity contribution >= 4 is 5.97 Å². The van der Waals surface area contributed by atoms with Gasteiger partial charge in [-0.15, -0.1) is 0 Å². The van der Waals surface area contributed by atoms with Crippen LogP contribution in [0.4, 0.5) is 0 Å². The second kappa shape index (κ2) is 6.00. The van der Waals surface area contributed by atoms with Crippen molar-refractivity contribution in [2.45, 2.75) is 45.6 Å². The molecular formula is C9H18O3. The zero-order valence-electron chi connectivity index (χ0n) is 7.79. The second-order valence-corrected chi connectivity index (χ2v) is 3.34. The van der Waals surface area contributed by atoms with Crippen LogP contribution >= 0.6 is 0 Å². The molecule has 0 saturated carbocycles. The zero-order valence-corrected chi connectivity index (χ0v) is 7.79. The van der Waals surface area contributed by atoms with E-state index in [-0.39, 0.29) is 6.42 Å². The van der Waals surface area contributed by atoms with E-state index in [0.29, 0.717) is 12.3 Å². The third-order valence-electron chi connectivity index (χ3n) is 2.10. The number of hydrogen-bond donors (Lipinski definition) is 2. The Morgan fingerprint density at radius 1 is 1.42 bits per heavy atom. The molecule has 0 amide bonds. The summed E-state index contributed by atoms with van der Waals surface area (Å²) in [6, 6.07) is 0. The van der Waals surface area contributed by atoms with Crippen LogP contribution in [0.1, 0.15) is 39.5 Å². The van der Waals surface area contributed by atoms with E-state index < -0.39 is 12.1 Å². The van der Waals surface area contributed by atoms with Gasteiger partial charge in [-0.1, -0.05) is 20.3 Å². The van der Waals surface area contributed by atoms with Crippen LogP contribution in [0.15, 0.2) is 0 Å². The molecule has 0 radical (unpaired) electrons. The average molecular weight is 174 g/mol. The fourth-order valence-electron chi connectivity index (χ4n) is 0.985. The summed E-state index contributed by atoms with van der Waals surface area (Å²) in [4.78, 5) is 10.2. The fraction of sp³-hybridized carbons (Fsp3) is 0.889. The molecule has 0 aliphatic rings. The van der Waals surface area contributed by atoms with Crippen LogP contribution < -0.4 is 0 Å². The topological polar surface area (TPSA) is 57.5 Å². The maximum atomic E-state index is 10.2. The number of rotatable bonds is 6. The van der Waals surface area contributed by atoms with E-state index >= 15 is 0 Å². The molecule has 0 aromatic carbocycles. The van der Waals surface area contributed by atoms with Gasteiger partial charge in [0.15, 0.2) is 0 Å². The van der Waals surface area contributed by atoms with Crippen molar-refractivity contribution in [2.75, 3.05) is 0 Å². The summed E-state index contributed by atoms with van der Waals surface area (Å²) < 4.78 is 0. The molecule has 0 aliphatic heterocycles. The monoisotopic (exact) mass is 174 g/mol. The fourth-order valence-corrected chi connectivity index (χ4v) is 0.985. The Morgan fingerprint density at radius 3 is 2.42 bits per heavy atom. The Bertz CT molecular complexity index is 134. The minimum atomic E-state index is -0.924. The minimum Gasteiger partial charge on any atom is -0.481 e. The average Bonchev–Trinajstić information content (AvgIpc) is 1.99. The van der Waals surface area contributed by atoms with E-state index in [0.717, 1.165) is 12.8 Å². The van der Waals surface area contributed by atoms with Crippen molar-refractivity contribution in [1.82, 2.24) is 0 Å². The third-order valence-corrected chi connectivity index (χ3v) is 2.10. The van der Waals surface area contributed by atoms with Crippen molar-refractivity contribution in [3.05, 3.63) is 0 Å². The van der Waals surface area contributed by atoms with Crippen molar-refractivity contribution in [3.8, 4) is 0 Å². The first-order chi connectivity index (χ1) is 5.56. The minimum absolute atomic E-state index is 0.129. The summed E-state index contributed by atoms with van der Waals surface area (Å²) in [5.74, 6) is -0.347. The molecular weight excluding hydrogens is 156 g/mol. The summed E-state index contributed by atoms with van der Waals surface area (Å²) in [5.41, 5.74) is 0. The van der Waals surface area contributed by atoms with Gasteiger partial charge in [0.1, 0.15) is 0 Å². The summed E-state index contributed by atoms with van der Waals surface area (Å²) in [5, 5.41) is 17.5. The molecule has 0 heterocycles. The highest BCUT2D eigenvalue weighted by Gasteiger charge is 2.10. The van der Waals surface area contributed by atoms with Crippen LogP contribution in [0.25, 0.3) is 0 Å². The maximum absolute atomic E-state index is 10.2. The normalized spacial score (nSPS) is 15.6. The smallest absolute Gasteiger partial charge is 0.305 e. The highest BCUT2D eigenvalue weighted by Crippen LogP contribution is 2.12. The van der Waals surface area contributed by atoms with Gasteiger partial charge < -0.3 is 10.2 Å². The predicted molar refractivity (Wildman–Crippen MR) is 46.9 cm³/mol. The number of carboxylic acid groups (broad SMARTS) is 1. The highest BCUT2D eigenvalue weighted by atomic mass is 16.4. The molecule has 0 aromatic rings. The number of hydrogen-bond acceptors (Lipinski definition) is 2. The van der Waals surface area contributed by atoms with E-state index in [9.17, 15) is 9.90 Å². The maximum Gasteiger partial charge on any atom is 0.305 e. The van der Waals surface area contributed by atoms with Gasteiger partial charge in [0.05, 0.1) is 12.5 Å². The first-order valence-corrected chi connectivity index (χ1v) is 4.46. The molecule has 0 saturated heterocycles. The largest absolute Gasteiger partial charge is 0.481 e. The van der Waals surface area contributed by atoms with Gasteiger partial charge in [-0.2, -0.15) is 0 Å². The number of aliphatic hydroxyl groups excluding tert-OH is 1. The predicted octanol–water partition coefficient (Wildman–Crippen LogP) is 1.65. The molecule has 0 fully saturated rings. The van der Waals surface area contributed by atoms with E-state index in [4.69, 9.17) is 5.11 Å². The van der Waals surface area contributed by atoms with Crippen LogP contribution in [0.2, 0.25) is 0 Å². The van der Waals surface area contributed by atoms with E-state index in [1.807, 2.05) is 0 Å². The Kier molecular flexibility index (Phi) is 5.72. The molecule has 0 aliphatic carbocycles. The zero-order chi connectivity index (χ0) is 9.56. The van der Waals surface area contributed by atoms with Crippen molar-refractivity contribution < 1.29 is 15.0 Å². The lowest BCUT2D eigenvalue weighted by atomic mass is 9.99. The molecule has 1 unspecified atom stereocenters. The molecule has 0 aromatic heterocycles. The third kappa shape index (κ3) is 6.16. The second-order valence-electron chi connectivity index (χ2n) is 3.34. The molecule has 72 valence electrons. The van der Waals surface area contributed by atoms with Crippen molar-refractivity contribution in [3.63, 3.8) is 0 Å². The van der Waals surface area contributed by atoms with Gasteiger partial charge in [0.25, 0.3) is 0 Å². The summed E-state index contributed by atoms with van der Waals surface area (Å²) in [7, 11) is 0. The SMILES string of the molecule is CC[C@H](C)CCC(O)CC(=O)O. The van der Waals surface area contributed by atoms with Gasteiger partial charge in [0.2, 0.25) is 0 Å². The van der Waals surface area contributed by atoms with E-state index in [2.05, 4.69) is 13.8 Å². The van der Waals surface area contributed by atoms with Gasteiger partial charge in [0, 0.05) is 0 Å². The van der Waals surface area contributed by atoms with Crippen LogP contribution in [0.5, 0.6) is 0 Å². The summed E-state index contributed by atoms with van der Waals surface area (Å²) in [6.45, 7) is 4.20. The van der Waals surface area contributed by atoms with Gasteiger partial charge in [-0.05, 0) is 18.8 Å². The van der Waals surface area contributed by atoms with Crippen LogP contribution in [-0.4, -0.2) is 22.3 Å². The molecule has 0 rings (SSSR count). The lowest BCUT2D eigenvalue weighted by Gasteiger charge is -2.11. The molecule has 0 spiro atoms. The van der Waals surface area contributed by atoms with E-state index in [1.165, 1.54) is 0 Å². The molecule has 0 bridgehead atoms. The molecule has 3 nitrogen and oxygen atoms in total. The lowest BCUT2D eigenvalue weighted by Crippen LogP contribution is -2.13. The lowest BCUT2D eigenvalue weighted by molar-refractivity contribution is -0.139. The van der Waals surface area contributed by atoms with Gasteiger partial charge >= 0.3 is 5.97 Å². The Labute approximate surface area is 73.4 Å². The molecule has 2 atom stereocenters. The van der Waals surface area contributed by atoms with E-state index in [1.54, 1.807) is 0 Å². The van der Waals surface area contributed by atoms with Crippen LogP contribution in [0, 0.1) is 5.92 Å². The molecule has 12 heavy (non-hydrogen) atoms. The molecule has 2 N–H and O–H groups in total. The molecule has 3 heteroatoms. The van der Waals surface area contributed by atoms with Crippen LogP contribution in [0.3, 0.4) is 0 Å². The Morgan fingerprint density at radius 2 is 2.00 bits per heavy atom. The number of carbonyl (C=O) groups is 1. The highest BCUT2D eigenvalue weighted by molar-refractivity contribution is 5.67. The summed E-state index contributed by atoms with van der Waals surface area (Å²) >= 11 is 0. The number of carboxylic acids is 1. The van der Waals surface area contributed by atoms with Crippen LogP contribution in [-0.2, 0) is 4.79 Å².